The minimum absolute atomic E-state index is 0.223. The van der Waals surface area contributed by atoms with E-state index in [4.69, 9.17) is 0 Å². The minimum Gasteiger partial charge on any atom is -0.277 e. The summed E-state index contributed by atoms with van der Waals surface area (Å²) in [5.74, 6) is -0.735. The van der Waals surface area contributed by atoms with E-state index in [-0.39, 0.29) is 16.3 Å². The van der Waals surface area contributed by atoms with Crippen LogP contribution in [0.5, 0.6) is 0 Å². The van der Waals surface area contributed by atoms with E-state index in [1.54, 1.807) is 0 Å². The van der Waals surface area contributed by atoms with E-state index in [2.05, 4.69) is 0 Å². The number of nitro benzene ring substituents is 1. The van der Waals surface area contributed by atoms with E-state index in [0.29, 0.717) is 0 Å². The lowest BCUT2D eigenvalue weighted by atomic mass is 10.3. The lowest BCUT2D eigenvalue weighted by Gasteiger charge is -2.08. The maximum Gasteiger partial charge on any atom is 0.270 e. The highest BCUT2D eigenvalue weighted by molar-refractivity contribution is 7.92. The number of anilines is 1. The van der Waals surface area contributed by atoms with Crippen LogP contribution < -0.4 is 4.72 Å². The van der Waals surface area contributed by atoms with Crippen LogP contribution in [0.3, 0.4) is 0 Å². The molecular weight excluding hydrogens is 287 g/mol. The molecule has 0 saturated carbocycles. The van der Waals surface area contributed by atoms with Crippen LogP contribution in [0.4, 0.5) is 15.8 Å². The highest BCUT2D eigenvalue weighted by Crippen LogP contribution is 2.21. The van der Waals surface area contributed by atoms with Gasteiger partial charge >= 0.3 is 0 Å². The Morgan fingerprint density at radius 2 is 1.80 bits per heavy atom. The summed E-state index contributed by atoms with van der Waals surface area (Å²) in [6.45, 7) is 0. The first kappa shape index (κ1) is 13.9. The fourth-order valence-electron chi connectivity index (χ4n) is 1.51. The van der Waals surface area contributed by atoms with Gasteiger partial charge in [-0.15, -0.1) is 0 Å². The van der Waals surface area contributed by atoms with Crippen molar-refractivity contribution in [2.75, 3.05) is 4.72 Å². The van der Waals surface area contributed by atoms with Crippen LogP contribution >= 0.6 is 0 Å². The number of benzene rings is 2. The van der Waals surface area contributed by atoms with Crippen molar-refractivity contribution in [3.05, 3.63) is 64.5 Å². The Kier molecular flexibility index (Phi) is 3.66. The molecule has 2 rings (SSSR count). The van der Waals surface area contributed by atoms with Crippen LogP contribution in [0.15, 0.2) is 53.4 Å². The highest BCUT2D eigenvalue weighted by atomic mass is 32.2. The van der Waals surface area contributed by atoms with Crippen LogP contribution in [0, 0.1) is 15.9 Å². The molecule has 0 amide bonds. The standard InChI is InChI=1S/C12H9FN2O4S/c13-11-6-1-2-7-12(11)14-20(18,19)10-5-3-4-9(8-10)15(16)17/h1-8,14H. The number of halogens is 1. The lowest BCUT2D eigenvalue weighted by Crippen LogP contribution is -2.14. The van der Waals surface area contributed by atoms with Crippen molar-refractivity contribution in [1.82, 2.24) is 0 Å². The Morgan fingerprint density at radius 3 is 2.45 bits per heavy atom. The zero-order valence-corrected chi connectivity index (χ0v) is 10.8. The fraction of sp³-hybridized carbons (Fsp3) is 0. The van der Waals surface area contributed by atoms with Crippen molar-refractivity contribution in [3.8, 4) is 0 Å². The van der Waals surface area contributed by atoms with Crippen molar-refractivity contribution >= 4 is 21.4 Å². The monoisotopic (exact) mass is 296 g/mol. The summed E-state index contributed by atoms with van der Waals surface area (Å²) >= 11 is 0. The van der Waals surface area contributed by atoms with Gasteiger partial charge in [0.25, 0.3) is 15.7 Å². The van der Waals surface area contributed by atoms with E-state index in [0.717, 1.165) is 12.1 Å². The Labute approximate surface area is 114 Å². The predicted molar refractivity (Wildman–Crippen MR) is 70.3 cm³/mol. The van der Waals surface area contributed by atoms with Gasteiger partial charge in [0.15, 0.2) is 0 Å². The molecule has 0 atom stereocenters. The predicted octanol–water partition coefficient (Wildman–Crippen LogP) is 2.53. The van der Waals surface area contributed by atoms with Gasteiger partial charge in [0.2, 0.25) is 0 Å². The van der Waals surface area contributed by atoms with E-state index in [1.165, 1.54) is 36.4 Å². The molecular formula is C12H9FN2O4S. The minimum atomic E-state index is -4.09. The first-order chi connectivity index (χ1) is 9.40. The number of hydrogen-bond donors (Lipinski definition) is 1. The number of non-ortho nitro benzene ring substituents is 1. The summed E-state index contributed by atoms with van der Waals surface area (Å²) in [5, 5.41) is 10.6. The lowest BCUT2D eigenvalue weighted by molar-refractivity contribution is -0.385. The van der Waals surface area contributed by atoms with E-state index in [9.17, 15) is 22.9 Å². The quantitative estimate of drug-likeness (QED) is 0.693. The number of nitro groups is 1. The van der Waals surface area contributed by atoms with Crippen LogP contribution in [-0.2, 0) is 10.0 Å². The summed E-state index contributed by atoms with van der Waals surface area (Å²) in [5.41, 5.74) is -0.583. The average Bonchev–Trinajstić information content (AvgIpc) is 2.41. The molecule has 104 valence electrons. The third kappa shape index (κ3) is 2.91. The third-order valence-corrected chi connectivity index (χ3v) is 3.82. The number of sulfonamides is 1. The molecule has 2 aromatic carbocycles. The van der Waals surface area contributed by atoms with Gasteiger partial charge in [-0.05, 0) is 18.2 Å². The van der Waals surface area contributed by atoms with Crippen LogP contribution in [-0.4, -0.2) is 13.3 Å². The first-order valence-electron chi connectivity index (χ1n) is 5.42. The van der Waals surface area contributed by atoms with Crippen molar-refractivity contribution in [3.63, 3.8) is 0 Å². The molecule has 6 nitrogen and oxygen atoms in total. The van der Waals surface area contributed by atoms with E-state index < -0.39 is 20.8 Å². The summed E-state index contributed by atoms with van der Waals surface area (Å²) < 4.78 is 39.5. The van der Waals surface area contributed by atoms with E-state index in [1.807, 2.05) is 4.72 Å². The Bertz CT molecular complexity index is 762. The van der Waals surface area contributed by atoms with Crippen LogP contribution in [0.25, 0.3) is 0 Å². The fourth-order valence-corrected chi connectivity index (χ4v) is 2.62. The zero-order chi connectivity index (χ0) is 14.8. The maximum atomic E-state index is 13.4. The summed E-state index contributed by atoms with van der Waals surface area (Å²) in [6.07, 6.45) is 0. The molecule has 0 heterocycles. The average molecular weight is 296 g/mol. The molecule has 0 aliphatic heterocycles. The summed E-state index contributed by atoms with van der Waals surface area (Å²) in [6, 6.07) is 9.75. The molecule has 0 fully saturated rings. The molecule has 0 bridgehead atoms. The van der Waals surface area contributed by atoms with Crippen molar-refractivity contribution in [2.45, 2.75) is 4.90 Å². The van der Waals surface area contributed by atoms with E-state index >= 15 is 0 Å². The summed E-state index contributed by atoms with van der Waals surface area (Å²) in [7, 11) is -4.09. The van der Waals surface area contributed by atoms with Gasteiger partial charge in [-0.2, -0.15) is 0 Å². The molecule has 0 unspecified atom stereocenters. The second-order valence-corrected chi connectivity index (χ2v) is 5.52. The van der Waals surface area contributed by atoms with Gasteiger partial charge in [-0.25, -0.2) is 12.8 Å². The Hall–Kier alpha value is -2.48. The van der Waals surface area contributed by atoms with Gasteiger partial charge in [0, 0.05) is 12.1 Å². The van der Waals surface area contributed by atoms with Crippen LogP contribution in [0.2, 0.25) is 0 Å². The number of rotatable bonds is 4. The number of nitrogens with zero attached hydrogens (tertiary/aromatic N) is 1. The smallest absolute Gasteiger partial charge is 0.270 e. The molecule has 20 heavy (non-hydrogen) atoms. The van der Waals surface area contributed by atoms with Crippen molar-refractivity contribution in [2.24, 2.45) is 0 Å². The Balaban J connectivity index is 2.38. The molecule has 2 aromatic rings. The molecule has 0 aromatic heterocycles. The van der Waals surface area contributed by atoms with Gasteiger partial charge in [0.05, 0.1) is 15.5 Å². The molecule has 1 N–H and O–H groups in total. The largest absolute Gasteiger partial charge is 0.277 e. The molecule has 0 aliphatic carbocycles. The molecule has 0 saturated heterocycles. The van der Waals surface area contributed by atoms with Gasteiger partial charge in [0.1, 0.15) is 5.82 Å². The van der Waals surface area contributed by atoms with Crippen LogP contribution in [0.1, 0.15) is 0 Å². The number of nitrogens with one attached hydrogen (secondary N) is 1. The van der Waals surface area contributed by atoms with Crippen molar-refractivity contribution < 1.29 is 17.7 Å². The van der Waals surface area contributed by atoms with Crippen molar-refractivity contribution in [1.29, 1.82) is 0 Å². The number of para-hydroxylation sites is 1. The SMILES string of the molecule is O=[N+]([O-])c1cccc(S(=O)(=O)Nc2ccccc2F)c1. The number of hydrogen-bond acceptors (Lipinski definition) is 4. The first-order valence-corrected chi connectivity index (χ1v) is 6.90. The van der Waals surface area contributed by atoms with Gasteiger partial charge in [-0.3, -0.25) is 14.8 Å². The summed E-state index contributed by atoms with van der Waals surface area (Å²) in [4.78, 5) is 9.61. The van der Waals surface area contributed by atoms with Gasteiger partial charge < -0.3 is 0 Å². The highest BCUT2D eigenvalue weighted by Gasteiger charge is 2.18. The normalized spacial score (nSPS) is 11.1. The van der Waals surface area contributed by atoms with Gasteiger partial charge in [-0.1, -0.05) is 18.2 Å². The zero-order valence-electron chi connectivity index (χ0n) is 9.99. The molecule has 0 radical (unpaired) electrons. The molecule has 0 aliphatic rings. The third-order valence-electron chi connectivity index (χ3n) is 2.46. The molecule has 0 spiro atoms. The topological polar surface area (TPSA) is 89.3 Å². The second kappa shape index (κ2) is 5.25. The maximum absolute atomic E-state index is 13.4. The molecule has 8 heteroatoms. The second-order valence-electron chi connectivity index (χ2n) is 3.84. The Morgan fingerprint density at radius 1 is 1.10 bits per heavy atom.